The number of fused-ring (bicyclic) bond motifs is 2. The molecule has 3 saturated carbocycles. The Morgan fingerprint density at radius 1 is 1.07 bits per heavy atom. The number of piperazine rings is 1. The van der Waals surface area contributed by atoms with Crippen molar-refractivity contribution in [2.75, 3.05) is 44.2 Å². The van der Waals surface area contributed by atoms with E-state index in [9.17, 15) is 23.2 Å². The summed E-state index contributed by atoms with van der Waals surface area (Å²) >= 11 is 0. The van der Waals surface area contributed by atoms with Crippen LogP contribution in [-0.4, -0.2) is 78.2 Å². The van der Waals surface area contributed by atoms with Crippen LogP contribution in [0.4, 0.5) is 18.9 Å². The number of alkyl halides is 3. The monoisotopic (exact) mass is 566 g/mol. The van der Waals surface area contributed by atoms with Gasteiger partial charge in [-0.25, -0.2) is 0 Å². The van der Waals surface area contributed by atoms with Crippen molar-refractivity contribution in [1.29, 1.82) is 5.26 Å². The van der Waals surface area contributed by atoms with Crippen molar-refractivity contribution in [2.45, 2.75) is 63.2 Å². The summed E-state index contributed by atoms with van der Waals surface area (Å²) in [7, 11) is 0. The number of nitriles is 1. The summed E-state index contributed by atoms with van der Waals surface area (Å²) in [6.45, 7) is 5.18. The molecule has 5 fully saturated rings. The molecule has 3 unspecified atom stereocenters. The van der Waals surface area contributed by atoms with Gasteiger partial charge >= 0.3 is 6.18 Å². The Morgan fingerprint density at radius 3 is 2.44 bits per heavy atom. The van der Waals surface area contributed by atoms with Crippen LogP contribution in [0, 0.1) is 34.0 Å². The lowest BCUT2D eigenvalue weighted by Gasteiger charge is -2.45. The quantitative estimate of drug-likeness (QED) is 0.561. The van der Waals surface area contributed by atoms with Crippen LogP contribution < -0.4 is 10.6 Å². The molecule has 0 radical (unpaired) electrons. The van der Waals surface area contributed by atoms with Crippen molar-refractivity contribution in [2.24, 2.45) is 28.4 Å². The molecule has 3 aliphatic carbocycles. The van der Waals surface area contributed by atoms with E-state index in [4.69, 9.17) is 5.73 Å². The molecule has 10 heteroatoms. The minimum Gasteiger partial charge on any atom is -0.369 e. The second kappa shape index (κ2) is 9.56. The number of nitrogens with zero attached hydrogens (tertiary/aromatic N) is 5. The molecule has 41 heavy (non-hydrogen) atoms. The molecule has 1 amide bonds. The summed E-state index contributed by atoms with van der Waals surface area (Å²) in [6, 6.07) is 8.82. The minimum absolute atomic E-state index is 0.0796. The van der Waals surface area contributed by atoms with E-state index in [1.165, 1.54) is 19.4 Å². The number of rotatable bonds is 6. The highest BCUT2D eigenvalue weighted by Crippen LogP contribution is 2.78. The first-order valence-corrected chi connectivity index (χ1v) is 15.1. The summed E-state index contributed by atoms with van der Waals surface area (Å²) in [4.78, 5) is 24.4. The molecule has 1 aromatic carbocycles. The average molecular weight is 567 g/mol. The number of primary amides is 1. The number of aromatic nitrogens is 1. The van der Waals surface area contributed by atoms with E-state index in [-0.39, 0.29) is 18.9 Å². The number of anilines is 1. The molecule has 7 nitrogen and oxygen atoms in total. The standard InChI is InChI=1S/C31H37F3N6O/c32-31(33,34)29-18-30(29,28(36)41)27(40(19-29)25-10-7-22(16-35)26-24(25)2-1-11-37-26)21-5-8-23(9-6-21)39-14-12-38(13-15-39)17-20-3-4-20/h1-2,7,10-11,20-21,23,27H,3-6,8-9,12-15,17-19H2,(H2,36,41). The van der Waals surface area contributed by atoms with Crippen LogP contribution in [0.25, 0.3) is 10.9 Å². The SMILES string of the molecule is N#Cc1ccc(N2CC3(C(F)(F)F)CC3(C(N)=O)C2C2CCC(N3CCN(CC4CC4)CC3)CC2)c2cccnc12. The number of nitrogens with two attached hydrogens (primary N) is 1. The Labute approximate surface area is 238 Å². The van der Waals surface area contributed by atoms with Crippen molar-refractivity contribution in [3.8, 4) is 6.07 Å². The van der Waals surface area contributed by atoms with Gasteiger partial charge < -0.3 is 15.5 Å². The predicted molar refractivity (Wildman–Crippen MR) is 149 cm³/mol. The number of carbonyl (C=O) groups excluding carboxylic acids is 1. The van der Waals surface area contributed by atoms with Crippen LogP contribution in [0.5, 0.6) is 0 Å². The van der Waals surface area contributed by atoms with Gasteiger partial charge in [-0.15, -0.1) is 0 Å². The number of pyridine rings is 1. The van der Waals surface area contributed by atoms with E-state index in [2.05, 4.69) is 20.9 Å². The summed E-state index contributed by atoms with van der Waals surface area (Å²) in [5.74, 6) is -0.0320. The van der Waals surface area contributed by atoms with E-state index < -0.39 is 29.0 Å². The van der Waals surface area contributed by atoms with Crippen LogP contribution >= 0.6 is 0 Å². The molecule has 2 saturated heterocycles. The molecule has 218 valence electrons. The zero-order valence-corrected chi connectivity index (χ0v) is 23.2. The van der Waals surface area contributed by atoms with Gasteiger partial charge in [-0.1, -0.05) is 0 Å². The molecule has 2 aliphatic heterocycles. The molecular formula is C31H37F3N6O. The number of hydrogen-bond donors (Lipinski definition) is 1. The van der Waals surface area contributed by atoms with Crippen LogP contribution in [0.15, 0.2) is 30.5 Å². The maximum absolute atomic E-state index is 14.8. The maximum Gasteiger partial charge on any atom is 0.397 e. The van der Waals surface area contributed by atoms with Gasteiger partial charge in [0.2, 0.25) is 5.91 Å². The number of hydrogen-bond acceptors (Lipinski definition) is 6. The molecule has 3 heterocycles. The van der Waals surface area contributed by atoms with Gasteiger partial charge in [0, 0.05) is 68.6 Å². The summed E-state index contributed by atoms with van der Waals surface area (Å²) in [6.07, 6.45) is 2.89. The van der Waals surface area contributed by atoms with Gasteiger partial charge in [-0.2, -0.15) is 18.4 Å². The predicted octanol–water partition coefficient (Wildman–Crippen LogP) is 4.31. The van der Waals surface area contributed by atoms with E-state index >= 15 is 0 Å². The third-order valence-corrected chi connectivity index (χ3v) is 11.1. The normalized spacial score (nSPS) is 34.4. The fourth-order valence-corrected chi connectivity index (χ4v) is 8.73. The lowest BCUT2D eigenvalue weighted by Crippen LogP contribution is -2.53. The fraction of sp³-hybridized carbons (Fsp3) is 0.645. The summed E-state index contributed by atoms with van der Waals surface area (Å²) in [5.41, 5.74) is 3.57. The number of halogens is 3. The Balaban J connectivity index is 1.17. The highest BCUT2D eigenvalue weighted by atomic mass is 19.4. The molecule has 2 aromatic rings. The van der Waals surface area contributed by atoms with Gasteiger partial charge in [-0.05, 0) is 81.0 Å². The molecule has 0 spiro atoms. The molecule has 1 aromatic heterocycles. The smallest absolute Gasteiger partial charge is 0.369 e. The van der Waals surface area contributed by atoms with Gasteiger partial charge in [0.1, 0.15) is 11.5 Å². The second-order valence-electron chi connectivity index (χ2n) is 13.2. The van der Waals surface area contributed by atoms with Crippen molar-refractivity contribution >= 4 is 22.5 Å². The van der Waals surface area contributed by atoms with Gasteiger partial charge in [0.15, 0.2) is 0 Å². The van der Waals surface area contributed by atoms with Crippen LogP contribution in [0.2, 0.25) is 0 Å². The number of carbonyl (C=O) groups is 1. The lowest BCUT2D eigenvalue weighted by molar-refractivity contribution is -0.192. The van der Waals surface area contributed by atoms with Crippen molar-refractivity contribution in [3.05, 3.63) is 36.0 Å². The summed E-state index contributed by atoms with van der Waals surface area (Å²) in [5, 5.41) is 10.3. The third kappa shape index (κ3) is 4.14. The zero-order chi connectivity index (χ0) is 28.6. The largest absolute Gasteiger partial charge is 0.397 e. The van der Waals surface area contributed by atoms with E-state index in [0.29, 0.717) is 28.2 Å². The molecule has 0 bridgehead atoms. The number of benzene rings is 1. The number of piperidine rings is 1. The Kier molecular flexibility index (Phi) is 6.29. The molecule has 5 aliphatic rings. The first-order valence-electron chi connectivity index (χ1n) is 15.1. The summed E-state index contributed by atoms with van der Waals surface area (Å²) < 4.78 is 44.3. The molecule has 7 rings (SSSR count). The first kappa shape index (κ1) is 27.0. The second-order valence-corrected chi connectivity index (χ2v) is 13.2. The average Bonchev–Trinajstić information content (AvgIpc) is 3.89. The Morgan fingerprint density at radius 2 is 1.80 bits per heavy atom. The van der Waals surface area contributed by atoms with Gasteiger partial charge in [-0.3, -0.25) is 14.7 Å². The lowest BCUT2D eigenvalue weighted by atomic mass is 9.73. The van der Waals surface area contributed by atoms with E-state index in [0.717, 1.165) is 57.8 Å². The molecule has 2 N–H and O–H groups in total. The highest BCUT2D eigenvalue weighted by Gasteiger charge is 2.89. The topological polar surface area (TPSA) is 89.5 Å². The Hall–Kier alpha value is -2.90. The van der Waals surface area contributed by atoms with Crippen molar-refractivity contribution < 1.29 is 18.0 Å². The van der Waals surface area contributed by atoms with Gasteiger partial charge in [0.05, 0.1) is 16.5 Å². The van der Waals surface area contributed by atoms with Crippen LogP contribution in [0.1, 0.15) is 50.5 Å². The Bertz CT molecular complexity index is 1390. The minimum atomic E-state index is -4.55. The fourth-order valence-electron chi connectivity index (χ4n) is 8.73. The number of amides is 1. The van der Waals surface area contributed by atoms with Crippen molar-refractivity contribution in [1.82, 2.24) is 14.8 Å². The molecular weight excluding hydrogens is 529 g/mol. The zero-order valence-electron chi connectivity index (χ0n) is 23.2. The van der Waals surface area contributed by atoms with Gasteiger partial charge in [0.25, 0.3) is 0 Å². The maximum atomic E-state index is 14.8. The molecule has 3 atom stereocenters. The van der Waals surface area contributed by atoms with E-state index in [1.807, 2.05) is 4.90 Å². The van der Waals surface area contributed by atoms with Crippen molar-refractivity contribution in [3.63, 3.8) is 0 Å². The van der Waals surface area contributed by atoms with Crippen LogP contribution in [-0.2, 0) is 4.79 Å². The third-order valence-electron chi connectivity index (χ3n) is 11.1. The highest BCUT2D eigenvalue weighted by molar-refractivity contribution is 5.97. The van der Waals surface area contributed by atoms with Crippen LogP contribution in [0.3, 0.4) is 0 Å². The van der Waals surface area contributed by atoms with E-state index in [1.54, 1.807) is 30.5 Å². The first-order chi connectivity index (χ1) is 19.7.